The van der Waals surface area contributed by atoms with E-state index in [4.69, 9.17) is 4.74 Å². The standard InChI is InChI=1S/C18H19N3O7S/c1-20(11-17(22)19-13-5-4-6-15(9-13)28-2)18(23)12-7-14(21(24)25)10-16(8-12)29(3,26)27/h4-10H,11H2,1-3H3,(H,19,22). The summed E-state index contributed by atoms with van der Waals surface area (Å²) >= 11 is 0. The molecule has 154 valence electrons. The van der Waals surface area contributed by atoms with Crippen LogP contribution in [-0.4, -0.2) is 57.0 Å². The Hall–Kier alpha value is -3.47. The molecule has 1 N–H and O–H groups in total. The molecule has 0 aromatic heterocycles. The maximum atomic E-state index is 12.6. The van der Waals surface area contributed by atoms with Crippen LogP contribution in [0.3, 0.4) is 0 Å². The molecule has 0 saturated carbocycles. The van der Waals surface area contributed by atoms with Crippen molar-refractivity contribution in [1.82, 2.24) is 4.90 Å². The molecule has 0 aliphatic carbocycles. The molecule has 0 radical (unpaired) electrons. The lowest BCUT2D eigenvalue weighted by Crippen LogP contribution is -2.35. The maximum Gasteiger partial charge on any atom is 0.271 e. The molecule has 11 heteroatoms. The van der Waals surface area contributed by atoms with Gasteiger partial charge in [0, 0.05) is 42.8 Å². The van der Waals surface area contributed by atoms with Crippen LogP contribution in [0.15, 0.2) is 47.4 Å². The lowest BCUT2D eigenvalue weighted by atomic mass is 10.1. The smallest absolute Gasteiger partial charge is 0.271 e. The van der Waals surface area contributed by atoms with E-state index in [0.717, 1.165) is 29.4 Å². The van der Waals surface area contributed by atoms with Crippen molar-refractivity contribution in [2.45, 2.75) is 4.90 Å². The van der Waals surface area contributed by atoms with Gasteiger partial charge in [-0.3, -0.25) is 19.7 Å². The second kappa shape index (κ2) is 8.69. The van der Waals surface area contributed by atoms with Gasteiger partial charge < -0.3 is 15.0 Å². The van der Waals surface area contributed by atoms with Crippen molar-refractivity contribution in [2.75, 3.05) is 32.3 Å². The number of likely N-dealkylation sites (N-methyl/N-ethyl adjacent to an activating group) is 1. The van der Waals surface area contributed by atoms with Crippen molar-refractivity contribution in [2.24, 2.45) is 0 Å². The lowest BCUT2D eigenvalue weighted by Gasteiger charge is -2.17. The summed E-state index contributed by atoms with van der Waals surface area (Å²) in [4.78, 5) is 35.8. The largest absolute Gasteiger partial charge is 0.497 e. The molecule has 0 heterocycles. The number of benzene rings is 2. The number of non-ortho nitro benzene ring substituents is 1. The monoisotopic (exact) mass is 421 g/mol. The predicted octanol–water partition coefficient (Wildman–Crippen LogP) is 1.72. The normalized spacial score (nSPS) is 10.9. The molecule has 0 aliphatic heterocycles. The number of carbonyl (C=O) groups is 2. The molecule has 0 bridgehead atoms. The SMILES string of the molecule is COc1cccc(NC(=O)CN(C)C(=O)c2cc([N+](=O)[O-])cc(S(C)(=O)=O)c2)c1. The summed E-state index contributed by atoms with van der Waals surface area (Å²) in [5, 5.41) is 13.7. The van der Waals surface area contributed by atoms with E-state index in [0.29, 0.717) is 11.4 Å². The highest BCUT2D eigenvalue weighted by atomic mass is 32.2. The van der Waals surface area contributed by atoms with Gasteiger partial charge in [0.2, 0.25) is 5.91 Å². The Labute approximate surface area is 167 Å². The number of nitro groups is 1. The zero-order valence-electron chi connectivity index (χ0n) is 15.9. The van der Waals surface area contributed by atoms with Crippen LogP contribution in [0.1, 0.15) is 10.4 Å². The average molecular weight is 421 g/mol. The number of nitrogens with zero attached hydrogens (tertiary/aromatic N) is 2. The Morgan fingerprint density at radius 2 is 1.90 bits per heavy atom. The van der Waals surface area contributed by atoms with E-state index < -0.39 is 32.3 Å². The van der Waals surface area contributed by atoms with Crippen molar-refractivity contribution in [3.63, 3.8) is 0 Å². The molecule has 0 spiro atoms. The summed E-state index contributed by atoms with van der Waals surface area (Å²) in [5.41, 5.74) is -0.285. The Balaban J connectivity index is 2.19. The average Bonchev–Trinajstić information content (AvgIpc) is 2.66. The Kier molecular flexibility index (Phi) is 6.54. The van der Waals surface area contributed by atoms with Crippen molar-refractivity contribution < 1.29 is 27.7 Å². The lowest BCUT2D eigenvalue weighted by molar-refractivity contribution is -0.385. The van der Waals surface area contributed by atoms with Crippen molar-refractivity contribution >= 4 is 33.0 Å². The number of nitro benzene ring substituents is 1. The number of methoxy groups -OCH3 is 1. The molecule has 0 unspecified atom stereocenters. The zero-order valence-corrected chi connectivity index (χ0v) is 16.7. The van der Waals surface area contributed by atoms with Gasteiger partial charge in [-0.1, -0.05) is 6.07 Å². The number of rotatable bonds is 7. The molecule has 2 amide bonds. The van der Waals surface area contributed by atoms with Gasteiger partial charge in [-0.25, -0.2) is 8.42 Å². The van der Waals surface area contributed by atoms with Crippen LogP contribution in [0.4, 0.5) is 11.4 Å². The van der Waals surface area contributed by atoms with E-state index in [9.17, 15) is 28.1 Å². The molecule has 0 aliphatic rings. The van der Waals surface area contributed by atoms with Gasteiger partial charge in [-0.05, 0) is 18.2 Å². The molecule has 29 heavy (non-hydrogen) atoms. The third-order valence-electron chi connectivity index (χ3n) is 3.86. The molecular formula is C18H19N3O7S. The minimum Gasteiger partial charge on any atom is -0.497 e. The van der Waals surface area contributed by atoms with E-state index >= 15 is 0 Å². The van der Waals surface area contributed by atoms with Crippen molar-refractivity contribution in [3.05, 3.63) is 58.1 Å². The van der Waals surface area contributed by atoms with Crippen LogP contribution < -0.4 is 10.1 Å². The summed E-state index contributed by atoms with van der Waals surface area (Å²) in [7, 11) is -0.968. The number of carbonyl (C=O) groups excluding carboxylic acids is 2. The number of hydrogen-bond acceptors (Lipinski definition) is 7. The predicted molar refractivity (Wildman–Crippen MR) is 105 cm³/mol. The van der Waals surface area contributed by atoms with Crippen molar-refractivity contribution in [3.8, 4) is 5.75 Å². The van der Waals surface area contributed by atoms with Gasteiger partial charge in [0.15, 0.2) is 9.84 Å². The molecule has 10 nitrogen and oxygen atoms in total. The van der Waals surface area contributed by atoms with E-state index in [1.54, 1.807) is 24.3 Å². The van der Waals surface area contributed by atoms with Crippen LogP contribution in [0.5, 0.6) is 5.75 Å². The first kappa shape index (κ1) is 21.8. The topological polar surface area (TPSA) is 136 Å². The summed E-state index contributed by atoms with van der Waals surface area (Å²) < 4.78 is 28.6. The second-order valence-electron chi connectivity index (χ2n) is 6.19. The molecular weight excluding hydrogens is 402 g/mol. The zero-order chi connectivity index (χ0) is 21.8. The first-order chi connectivity index (χ1) is 13.5. The highest BCUT2D eigenvalue weighted by Crippen LogP contribution is 2.22. The number of amides is 2. The van der Waals surface area contributed by atoms with Crippen LogP contribution in [0, 0.1) is 10.1 Å². The van der Waals surface area contributed by atoms with Crippen LogP contribution in [0.25, 0.3) is 0 Å². The minimum absolute atomic E-state index is 0.212. The number of nitrogens with one attached hydrogen (secondary N) is 1. The van der Waals surface area contributed by atoms with Gasteiger partial charge >= 0.3 is 0 Å². The van der Waals surface area contributed by atoms with Gasteiger partial charge in [0.1, 0.15) is 5.75 Å². The third-order valence-corrected chi connectivity index (χ3v) is 4.95. The number of hydrogen-bond donors (Lipinski definition) is 1. The third kappa shape index (κ3) is 5.75. The fraction of sp³-hybridized carbons (Fsp3) is 0.222. The van der Waals surface area contributed by atoms with E-state index in [1.807, 2.05) is 0 Å². The highest BCUT2D eigenvalue weighted by Gasteiger charge is 2.22. The molecule has 2 aromatic rings. The highest BCUT2D eigenvalue weighted by molar-refractivity contribution is 7.90. The molecule has 2 aromatic carbocycles. The summed E-state index contributed by atoms with van der Waals surface area (Å²) in [6.07, 6.45) is 0.881. The molecule has 0 atom stereocenters. The first-order valence-electron chi connectivity index (χ1n) is 8.20. The Bertz CT molecular complexity index is 1070. The Morgan fingerprint density at radius 3 is 2.48 bits per heavy atom. The van der Waals surface area contributed by atoms with Crippen LogP contribution in [0.2, 0.25) is 0 Å². The minimum atomic E-state index is -3.78. The van der Waals surface area contributed by atoms with Crippen LogP contribution in [-0.2, 0) is 14.6 Å². The summed E-state index contributed by atoms with van der Waals surface area (Å²) in [5.74, 6) is -0.709. The van der Waals surface area contributed by atoms with Gasteiger partial charge in [0.25, 0.3) is 11.6 Å². The Morgan fingerprint density at radius 1 is 1.21 bits per heavy atom. The molecule has 2 rings (SSSR count). The van der Waals surface area contributed by atoms with E-state index in [-0.39, 0.29) is 17.0 Å². The quantitative estimate of drug-likeness (QED) is 0.531. The van der Waals surface area contributed by atoms with Crippen LogP contribution >= 0.6 is 0 Å². The van der Waals surface area contributed by atoms with Gasteiger partial charge in [-0.15, -0.1) is 0 Å². The fourth-order valence-electron chi connectivity index (χ4n) is 2.44. The summed E-state index contributed by atoms with van der Waals surface area (Å²) in [6, 6.07) is 9.50. The second-order valence-corrected chi connectivity index (χ2v) is 8.20. The van der Waals surface area contributed by atoms with E-state index in [2.05, 4.69) is 5.32 Å². The summed E-state index contributed by atoms with van der Waals surface area (Å²) in [6.45, 7) is -0.354. The van der Waals surface area contributed by atoms with E-state index in [1.165, 1.54) is 14.2 Å². The number of anilines is 1. The molecule has 0 fully saturated rings. The van der Waals surface area contributed by atoms with Gasteiger partial charge in [0.05, 0.1) is 23.5 Å². The fourth-order valence-corrected chi connectivity index (χ4v) is 3.11. The number of sulfone groups is 1. The maximum absolute atomic E-state index is 12.6. The first-order valence-corrected chi connectivity index (χ1v) is 10.1. The van der Waals surface area contributed by atoms with Gasteiger partial charge in [-0.2, -0.15) is 0 Å². The number of ether oxygens (including phenoxy) is 1. The molecule has 0 saturated heterocycles. The van der Waals surface area contributed by atoms with Crippen molar-refractivity contribution in [1.29, 1.82) is 0 Å².